The van der Waals surface area contributed by atoms with E-state index in [0.717, 1.165) is 67.4 Å². The minimum Gasteiger partial charge on any atom is -0.493 e. The summed E-state index contributed by atoms with van der Waals surface area (Å²) in [5.74, 6) is -0.00244. The first kappa shape index (κ1) is 27.8. The Kier molecular flexibility index (Phi) is 6.93. The van der Waals surface area contributed by atoms with Crippen LogP contribution in [0, 0.1) is 6.92 Å². The molecule has 0 saturated carbocycles. The Morgan fingerprint density at radius 3 is 2.60 bits per heavy atom. The third-order valence-corrected chi connectivity index (χ3v) is 7.78. The number of carboxylic acids is 1. The lowest BCUT2D eigenvalue weighted by atomic mass is 9.84. The standard InChI is InChI=1S/C35H35N3O4/c1-19(2)31-26(17-36-18-38-31)22-7-8-24-23(16-22)15-20(3)28(33(34(39)40)42-35(4,5)6)30(24)25-9-10-27-29-21(12-14-41-27)11-13-37-32(25)29/h7-11,13,15-19,33H,12,14H2,1-6H3,(H,39,40)/t33-/m0/s1. The van der Waals surface area contributed by atoms with Gasteiger partial charge in [0.2, 0.25) is 0 Å². The molecule has 0 bridgehead atoms. The van der Waals surface area contributed by atoms with Gasteiger partial charge in [-0.25, -0.2) is 14.8 Å². The molecule has 0 aliphatic carbocycles. The number of aromatic nitrogens is 3. The van der Waals surface area contributed by atoms with E-state index in [0.29, 0.717) is 12.2 Å². The van der Waals surface area contributed by atoms with Crippen LogP contribution in [0.5, 0.6) is 5.75 Å². The summed E-state index contributed by atoms with van der Waals surface area (Å²) >= 11 is 0. The number of nitrogens with zero attached hydrogens (tertiary/aromatic N) is 3. The molecule has 214 valence electrons. The molecule has 0 unspecified atom stereocenters. The normalized spacial score (nSPS) is 13.9. The minimum absolute atomic E-state index is 0.232. The highest BCUT2D eigenvalue weighted by Gasteiger charge is 2.32. The molecular weight excluding hydrogens is 526 g/mol. The number of hydrogen-bond donors (Lipinski definition) is 1. The SMILES string of the molecule is Cc1cc2cc(-c3cncnc3C(C)C)ccc2c(-c2ccc3c4c(ccnc24)CCO3)c1[C@H](OC(C)(C)C)C(=O)O. The third-order valence-electron chi connectivity index (χ3n) is 7.78. The van der Waals surface area contributed by atoms with Gasteiger partial charge in [-0.2, -0.15) is 0 Å². The fraction of sp³-hybridized carbons (Fsp3) is 0.314. The van der Waals surface area contributed by atoms with Crippen LogP contribution >= 0.6 is 0 Å². The lowest BCUT2D eigenvalue weighted by molar-refractivity contribution is -0.160. The highest BCUT2D eigenvalue weighted by Crippen LogP contribution is 2.45. The summed E-state index contributed by atoms with van der Waals surface area (Å²) in [6, 6.07) is 14.4. The van der Waals surface area contributed by atoms with Crippen molar-refractivity contribution in [1.82, 2.24) is 15.0 Å². The zero-order valence-electron chi connectivity index (χ0n) is 24.9. The van der Waals surface area contributed by atoms with Gasteiger partial charge < -0.3 is 14.6 Å². The highest BCUT2D eigenvalue weighted by molar-refractivity contribution is 6.09. The molecule has 0 fully saturated rings. The molecule has 6 rings (SSSR count). The molecule has 1 N–H and O–H groups in total. The van der Waals surface area contributed by atoms with Gasteiger partial charge in [-0.15, -0.1) is 0 Å². The lowest BCUT2D eigenvalue weighted by Crippen LogP contribution is -2.28. The van der Waals surface area contributed by atoms with E-state index in [-0.39, 0.29) is 5.92 Å². The second kappa shape index (κ2) is 10.5. The van der Waals surface area contributed by atoms with E-state index in [1.54, 1.807) is 6.33 Å². The number of carbonyl (C=O) groups is 1. The van der Waals surface area contributed by atoms with Gasteiger partial charge in [0.25, 0.3) is 0 Å². The van der Waals surface area contributed by atoms with Gasteiger partial charge in [0.05, 0.1) is 23.4 Å². The number of aryl methyl sites for hydroxylation is 1. The Bertz CT molecular complexity index is 1850. The highest BCUT2D eigenvalue weighted by atomic mass is 16.5. The van der Waals surface area contributed by atoms with E-state index in [1.165, 1.54) is 5.56 Å². The van der Waals surface area contributed by atoms with Gasteiger partial charge in [0.1, 0.15) is 12.1 Å². The number of fused-ring (bicyclic) bond motifs is 1. The summed E-state index contributed by atoms with van der Waals surface area (Å²) in [5, 5.41) is 13.4. The summed E-state index contributed by atoms with van der Waals surface area (Å²) in [6.45, 7) is 12.5. The van der Waals surface area contributed by atoms with Crippen LogP contribution in [-0.2, 0) is 16.0 Å². The molecule has 0 saturated heterocycles. The number of carboxylic acid groups (broad SMARTS) is 1. The smallest absolute Gasteiger partial charge is 0.337 e. The summed E-state index contributed by atoms with van der Waals surface area (Å²) in [7, 11) is 0. The zero-order valence-corrected chi connectivity index (χ0v) is 24.9. The molecule has 3 heterocycles. The Hall–Kier alpha value is -4.36. The maximum absolute atomic E-state index is 12.8. The van der Waals surface area contributed by atoms with E-state index >= 15 is 0 Å². The van der Waals surface area contributed by atoms with Gasteiger partial charge in [-0.3, -0.25) is 4.98 Å². The number of aliphatic carboxylic acids is 1. The van der Waals surface area contributed by atoms with Crippen LogP contribution < -0.4 is 4.74 Å². The number of ether oxygens (including phenoxy) is 2. The Morgan fingerprint density at radius 1 is 1.05 bits per heavy atom. The number of hydrogen-bond acceptors (Lipinski definition) is 6. The maximum atomic E-state index is 12.8. The minimum atomic E-state index is -1.18. The second-order valence-electron chi connectivity index (χ2n) is 12.2. The average molecular weight is 562 g/mol. The van der Waals surface area contributed by atoms with Gasteiger partial charge >= 0.3 is 5.97 Å². The molecule has 0 spiro atoms. The average Bonchev–Trinajstić information content (AvgIpc) is 2.95. The molecule has 0 amide bonds. The quantitative estimate of drug-likeness (QED) is 0.226. The molecule has 0 radical (unpaired) electrons. The molecule has 7 nitrogen and oxygen atoms in total. The Balaban J connectivity index is 1.69. The van der Waals surface area contributed by atoms with Crippen molar-refractivity contribution in [2.45, 2.75) is 65.6 Å². The van der Waals surface area contributed by atoms with Crippen LogP contribution in [0.25, 0.3) is 43.9 Å². The fourth-order valence-electron chi connectivity index (χ4n) is 6.07. The number of pyridine rings is 1. The van der Waals surface area contributed by atoms with Crippen LogP contribution in [0.4, 0.5) is 0 Å². The van der Waals surface area contributed by atoms with Gasteiger partial charge in [0.15, 0.2) is 6.10 Å². The fourth-order valence-corrected chi connectivity index (χ4v) is 6.07. The summed E-state index contributed by atoms with van der Waals surface area (Å²) in [6.07, 6.45) is 4.89. The summed E-state index contributed by atoms with van der Waals surface area (Å²) in [5.41, 5.74) is 7.38. The van der Waals surface area contributed by atoms with Crippen LogP contribution in [0.3, 0.4) is 0 Å². The first-order chi connectivity index (χ1) is 20.0. The Labute approximate surface area is 245 Å². The molecule has 2 aromatic heterocycles. The topological polar surface area (TPSA) is 94.4 Å². The summed E-state index contributed by atoms with van der Waals surface area (Å²) < 4.78 is 12.2. The lowest BCUT2D eigenvalue weighted by Gasteiger charge is -2.29. The summed E-state index contributed by atoms with van der Waals surface area (Å²) in [4.78, 5) is 26.5. The maximum Gasteiger partial charge on any atom is 0.337 e. The van der Waals surface area contributed by atoms with Crippen molar-refractivity contribution in [3.05, 3.63) is 83.6 Å². The zero-order chi connectivity index (χ0) is 29.8. The molecule has 7 heteroatoms. The predicted octanol–water partition coefficient (Wildman–Crippen LogP) is 7.82. The van der Waals surface area contributed by atoms with Crippen LogP contribution in [0.15, 0.2) is 61.2 Å². The van der Waals surface area contributed by atoms with Crippen molar-refractivity contribution in [2.75, 3.05) is 6.61 Å². The van der Waals surface area contributed by atoms with E-state index in [1.807, 2.05) is 58.3 Å². The van der Waals surface area contributed by atoms with Crippen LogP contribution in [-0.4, -0.2) is 38.2 Å². The van der Waals surface area contributed by atoms with E-state index in [9.17, 15) is 9.90 Å². The number of rotatable bonds is 6. The van der Waals surface area contributed by atoms with Crippen molar-refractivity contribution in [3.63, 3.8) is 0 Å². The van der Waals surface area contributed by atoms with E-state index in [2.05, 4.69) is 48.1 Å². The monoisotopic (exact) mass is 561 g/mol. The second-order valence-corrected chi connectivity index (χ2v) is 12.2. The van der Waals surface area contributed by atoms with Crippen LogP contribution in [0.1, 0.15) is 69.0 Å². The Morgan fingerprint density at radius 2 is 1.86 bits per heavy atom. The van der Waals surface area contributed by atoms with E-state index in [4.69, 9.17) is 14.5 Å². The van der Waals surface area contributed by atoms with Gasteiger partial charge in [-0.05, 0) is 90.9 Å². The van der Waals surface area contributed by atoms with Crippen molar-refractivity contribution in [2.24, 2.45) is 0 Å². The van der Waals surface area contributed by atoms with Crippen molar-refractivity contribution >= 4 is 27.6 Å². The molecule has 1 aliphatic rings. The molecule has 1 aliphatic heterocycles. The molecule has 3 aromatic carbocycles. The largest absolute Gasteiger partial charge is 0.493 e. The molecule has 1 atom stereocenters. The molecular formula is C35H35N3O4. The van der Waals surface area contributed by atoms with Crippen molar-refractivity contribution < 1.29 is 19.4 Å². The van der Waals surface area contributed by atoms with Crippen LogP contribution in [0.2, 0.25) is 0 Å². The molecule has 42 heavy (non-hydrogen) atoms. The van der Waals surface area contributed by atoms with E-state index < -0.39 is 17.7 Å². The van der Waals surface area contributed by atoms with Gasteiger partial charge in [-0.1, -0.05) is 32.0 Å². The first-order valence-electron chi connectivity index (χ1n) is 14.4. The van der Waals surface area contributed by atoms with Gasteiger partial charge in [0, 0.05) is 40.9 Å². The predicted molar refractivity (Wildman–Crippen MR) is 165 cm³/mol. The third kappa shape index (κ3) is 4.88. The first-order valence-corrected chi connectivity index (χ1v) is 14.4. The van der Waals surface area contributed by atoms with Crippen molar-refractivity contribution in [1.29, 1.82) is 0 Å². The van der Waals surface area contributed by atoms with Crippen molar-refractivity contribution in [3.8, 4) is 28.0 Å². The number of benzene rings is 3. The molecule has 5 aromatic rings.